The lowest BCUT2D eigenvalue weighted by molar-refractivity contribution is -0.114. The summed E-state index contributed by atoms with van der Waals surface area (Å²) in [7, 11) is 1.62. The van der Waals surface area contributed by atoms with Crippen molar-refractivity contribution in [2.45, 2.75) is 12.3 Å². The minimum absolute atomic E-state index is 0.0944. The van der Waals surface area contributed by atoms with Crippen LogP contribution in [0.1, 0.15) is 22.6 Å². The van der Waals surface area contributed by atoms with Crippen LogP contribution in [0.4, 0.5) is 5.69 Å². The van der Waals surface area contributed by atoms with E-state index >= 15 is 0 Å². The molecule has 0 saturated carbocycles. The van der Waals surface area contributed by atoms with Crippen molar-refractivity contribution in [2.24, 2.45) is 5.10 Å². The van der Waals surface area contributed by atoms with Crippen molar-refractivity contribution in [2.75, 3.05) is 12.1 Å². The van der Waals surface area contributed by atoms with E-state index in [1.807, 2.05) is 36.4 Å². The minimum Gasteiger partial charge on any atom is -0.497 e. The van der Waals surface area contributed by atoms with Gasteiger partial charge in [-0.15, -0.1) is 0 Å². The number of hydrazone groups is 1. The van der Waals surface area contributed by atoms with Gasteiger partial charge in [0, 0.05) is 17.5 Å². The van der Waals surface area contributed by atoms with E-state index in [0.717, 1.165) is 17.7 Å². The molecule has 0 bridgehead atoms. The van der Waals surface area contributed by atoms with Gasteiger partial charge in [0.2, 0.25) is 0 Å². The molecule has 1 aliphatic carbocycles. The SMILES string of the molecule is COc1cccc(N2N=C3C(=CC(Cc4ccc(-c5ccccc5)cc4)c4ccccc43)C2=O)c1. The van der Waals surface area contributed by atoms with E-state index in [9.17, 15) is 4.79 Å². The molecule has 1 unspecified atom stereocenters. The van der Waals surface area contributed by atoms with Crippen molar-refractivity contribution >= 4 is 17.3 Å². The minimum atomic E-state index is -0.104. The Morgan fingerprint density at radius 2 is 1.57 bits per heavy atom. The van der Waals surface area contributed by atoms with E-state index in [0.29, 0.717) is 17.0 Å². The van der Waals surface area contributed by atoms with E-state index in [2.05, 4.69) is 72.8 Å². The van der Waals surface area contributed by atoms with Crippen LogP contribution < -0.4 is 9.75 Å². The number of amides is 1. The Hall–Kier alpha value is -4.44. The molecule has 1 aliphatic heterocycles. The average molecular weight is 457 g/mol. The summed E-state index contributed by atoms with van der Waals surface area (Å²) in [6, 6.07) is 34.8. The second kappa shape index (κ2) is 8.73. The Kier molecular flexibility index (Phi) is 5.27. The van der Waals surface area contributed by atoms with Gasteiger partial charge in [-0.3, -0.25) is 4.79 Å². The van der Waals surface area contributed by atoms with Crippen LogP contribution in [0, 0.1) is 0 Å². The van der Waals surface area contributed by atoms with Crippen LogP contribution in [0.15, 0.2) is 120 Å². The van der Waals surface area contributed by atoms with Crippen molar-refractivity contribution in [3.05, 3.63) is 131 Å². The summed E-state index contributed by atoms with van der Waals surface area (Å²) in [5.74, 6) is 0.681. The molecule has 0 fully saturated rings. The standard InChI is InChI=1S/C31H24N2O2/c1-35-26-11-7-10-25(20-26)33-31(34)29-19-24(27-12-5-6-13-28(27)30(29)32-33)18-21-14-16-23(17-15-21)22-8-3-2-4-9-22/h2-17,19-20,24H,18H2,1H3. The number of fused-ring (bicyclic) bond motifs is 3. The zero-order valence-corrected chi connectivity index (χ0v) is 19.4. The van der Waals surface area contributed by atoms with Gasteiger partial charge in [0.15, 0.2) is 0 Å². The number of allylic oxidation sites excluding steroid dienone is 1. The maximum absolute atomic E-state index is 13.5. The fourth-order valence-corrected chi connectivity index (χ4v) is 4.89. The van der Waals surface area contributed by atoms with Crippen molar-refractivity contribution < 1.29 is 9.53 Å². The summed E-state index contributed by atoms with van der Waals surface area (Å²) in [5.41, 5.74) is 7.96. The lowest BCUT2D eigenvalue weighted by atomic mass is 9.80. The van der Waals surface area contributed by atoms with Gasteiger partial charge in [-0.2, -0.15) is 10.1 Å². The number of hydrogen-bond acceptors (Lipinski definition) is 3. The smallest absolute Gasteiger partial charge is 0.280 e. The Labute approximate surface area is 204 Å². The molecule has 6 rings (SSSR count). The van der Waals surface area contributed by atoms with Gasteiger partial charge in [-0.05, 0) is 40.8 Å². The third kappa shape index (κ3) is 3.83. The quantitative estimate of drug-likeness (QED) is 0.350. The number of hydrogen-bond donors (Lipinski definition) is 0. The molecule has 0 spiro atoms. The highest BCUT2D eigenvalue weighted by molar-refractivity contribution is 6.36. The number of carbonyl (C=O) groups is 1. The highest BCUT2D eigenvalue weighted by atomic mass is 16.5. The van der Waals surface area contributed by atoms with E-state index in [1.54, 1.807) is 7.11 Å². The second-order valence-electron chi connectivity index (χ2n) is 8.81. The maximum atomic E-state index is 13.5. The Balaban J connectivity index is 1.33. The normalized spacial score (nSPS) is 16.3. The molecule has 170 valence electrons. The predicted molar refractivity (Wildman–Crippen MR) is 140 cm³/mol. The first kappa shape index (κ1) is 21.1. The molecular weight excluding hydrogens is 432 g/mol. The molecule has 1 amide bonds. The Morgan fingerprint density at radius 3 is 2.37 bits per heavy atom. The Bertz CT molecular complexity index is 1470. The topological polar surface area (TPSA) is 41.9 Å². The van der Waals surface area contributed by atoms with Gasteiger partial charge in [0.1, 0.15) is 11.5 Å². The van der Waals surface area contributed by atoms with E-state index in [1.165, 1.54) is 27.3 Å². The highest BCUT2D eigenvalue weighted by Crippen LogP contribution is 2.38. The van der Waals surface area contributed by atoms with E-state index < -0.39 is 0 Å². The molecule has 4 heteroatoms. The van der Waals surface area contributed by atoms with E-state index in [4.69, 9.17) is 9.84 Å². The molecule has 0 saturated heterocycles. The number of methoxy groups -OCH3 is 1. The molecule has 4 aromatic carbocycles. The third-order valence-corrected chi connectivity index (χ3v) is 6.68. The molecule has 1 heterocycles. The average Bonchev–Trinajstić information content (AvgIpc) is 3.26. The largest absolute Gasteiger partial charge is 0.497 e. The van der Waals surface area contributed by atoms with E-state index in [-0.39, 0.29) is 11.8 Å². The number of rotatable bonds is 5. The molecule has 0 aromatic heterocycles. The second-order valence-corrected chi connectivity index (χ2v) is 8.81. The lowest BCUT2D eigenvalue weighted by Gasteiger charge is -2.23. The van der Waals surface area contributed by atoms with Crippen LogP contribution in [0.5, 0.6) is 5.75 Å². The summed E-state index contributed by atoms with van der Waals surface area (Å²) in [5, 5.41) is 6.22. The zero-order chi connectivity index (χ0) is 23.8. The summed E-state index contributed by atoms with van der Waals surface area (Å²) >= 11 is 0. The number of anilines is 1. The first-order valence-electron chi connectivity index (χ1n) is 11.7. The molecule has 4 nitrogen and oxygen atoms in total. The van der Waals surface area contributed by atoms with Crippen molar-refractivity contribution in [3.8, 4) is 16.9 Å². The molecule has 2 aliphatic rings. The third-order valence-electron chi connectivity index (χ3n) is 6.68. The van der Waals surface area contributed by atoms with Crippen molar-refractivity contribution in [1.82, 2.24) is 0 Å². The summed E-state index contributed by atoms with van der Waals surface area (Å²) in [6.07, 6.45) is 2.91. The van der Waals surface area contributed by atoms with Crippen LogP contribution in [0.3, 0.4) is 0 Å². The van der Waals surface area contributed by atoms with Crippen LogP contribution in [-0.4, -0.2) is 18.7 Å². The zero-order valence-electron chi connectivity index (χ0n) is 19.4. The van der Waals surface area contributed by atoms with Crippen LogP contribution in [0.25, 0.3) is 11.1 Å². The van der Waals surface area contributed by atoms with Crippen molar-refractivity contribution in [3.63, 3.8) is 0 Å². The van der Waals surface area contributed by atoms with Crippen LogP contribution in [-0.2, 0) is 11.2 Å². The lowest BCUT2D eigenvalue weighted by Crippen LogP contribution is -2.23. The van der Waals surface area contributed by atoms with Crippen molar-refractivity contribution in [1.29, 1.82) is 0 Å². The van der Waals surface area contributed by atoms with Gasteiger partial charge >= 0.3 is 0 Å². The maximum Gasteiger partial charge on any atom is 0.280 e. The first-order chi connectivity index (χ1) is 17.2. The molecule has 35 heavy (non-hydrogen) atoms. The number of nitrogens with zero attached hydrogens (tertiary/aromatic N) is 2. The fraction of sp³-hybridized carbons (Fsp3) is 0.0968. The first-order valence-corrected chi connectivity index (χ1v) is 11.7. The summed E-state index contributed by atoms with van der Waals surface area (Å²) in [4.78, 5) is 13.5. The summed E-state index contributed by atoms with van der Waals surface area (Å²) < 4.78 is 5.34. The number of ether oxygens (including phenoxy) is 1. The van der Waals surface area contributed by atoms with Gasteiger partial charge in [0.05, 0.1) is 18.4 Å². The van der Waals surface area contributed by atoms with Gasteiger partial charge in [0.25, 0.3) is 5.91 Å². The molecule has 0 radical (unpaired) electrons. The van der Waals surface area contributed by atoms with Crippen LogP contribution in [0.2, 0.25) is 0 Å². The van der Waals surface area contributed by atoms with Gasteiger partial charge in [-0.1, -0.05) is 91.0 Å². The van der Waals surface area contributed by atoms with Gasteiger partial charge < -0.3 is 4.74 Å². The molecular formula is C31H24N2O2. The van der Waals surface area contributed by atoms with Gasteiger partial charge in [-0.25, -0.2) is 0 Å². The highest BCUT2D eigenvalue weighted by Gasteiger charge is 2.37. The number of benzene rings is 4. The summed E-state index contributed by atoms with van der Waals surface area (Å²) in [6.45, 7) is 0. The monoisotopic (exact) mass is 456 g/mol. The Morgan fingerprint density at radius 1 is 0.829 bits per heavy atom. The predicted octanol–water partition coefficient (Wildman–Crippen LogP) is 6.38. The molecule has 1 atom stereocenters. The van der Waals surface area contributed by atoms with Crippen LogP contribution >= 0.6 is 0 Å². The molecule has 4 aromatic rings. The fourth-order valence-electron chi connectivity index (χ4n) is 4.89. The molecule has 0 N–H and O–H groups in total. The number of carbonyl (C=O) groups excluding carboxylic acids is 1.